The molecule has 0 aliphatic carbocycles. The number of benzene rings is 2. The second kappa shape index (κ2) is 6.45. The standard InChI is InChI=1S/C14H9BrF2N2O2/c15-9-3-6-11(12(17)7-9)13(18-19-14(20)21)8-1-4-10(16)5-2-8/h1-7,19H,(H,20,21)/b18-13-. The molecular weight excluding hydrogens is 346 g/mol. The number of carbonyl (C=O) groups is 1. The zero-order valence-corrected chi connectivity index (χ0v) is 12.1. The molecule has 0 aromatic heterocycles. The van der Waals surface area contributed by atoms with Crippen LogP contribution in [0.5, 0.6) is 0 Å². The first-order valence-electron chi connectivity index (χ1n) is 5.75. The Kier molecular flexibility index (Phi) is 4.64. The van der Waals surface area contributed by atoms with Gasteiger partial charge in [0.05, 0.1) is 0 Å². The van der Waals surface area contributed by atoms with Crippen LogP contribution in [0.15, 0.2) is 52.0 Å². The molecule has 0 saturated carbocycles. The summed E-state index contributed by atoms with van der Waals surface area (Å²) in [6, 6.07) is 9.42. The Morgan fingerprint density at radius 3 is 2.38 bits per heavy atom. The van der Waals surface area contributed by atoms with Crippen LogP contribution in [0.25, 0.3) is 0 Å². The fraction of sp³-hybridized carbons (Fsp3) is 0. The summed E-state index contributed by atoms with van der Waals surface area (Å²) in [5.41, 5.74) is 2.37. The van der Waals surface area contributed by atoms with Crippen molar-refractivity contribution in [2.75, 3.05) is 0 Å². The van der Waals surface area contributed by atoms with Gasteiger partial charge in [-0.3, -0.25) is 0 Å². The third kappa shape index (κ3) is 3.85. The Hall–Kier alpha value is -2.28. The van der Waals surface area contributed by atoms with Crippen molar-refractivity contribution in [3.05, 3.63) is 69.7 Å². The molecule has 2 aromatic carbocycles. The SMILES string of the molecule is O=C(O)N/N=C(/c1ccc(F)cc1)c1ccc(Br)cc1F. The third-order valence-electron chi connectivity index (χ3n) is 2.57. The lowest BCUT2D eigenvalue weighted by atomic mass is 10.0. The first-order valence-corrected chi connectivity index (χ1v) is 6.54. The van der Waals surface area contributed by atoms with Crippen molar-refractivity contribution in [3.8, 4) is 0 Å². The Bertz CT molecular complexity index is 703. The van der Waals surface area contributed by atoms with Gasteiger partial charge in [0.25, 0.3) is 0 Å². The second-order valence-electron chi connectivity index (χ2n) is 4.01. The van der Waals surface area contributed by atoms with Crippen molar-refractivity contribution in [3.63, 3.8) is 0 Å². The van der Waals surface area contributed by atoms with Gasteiger partial charge in [-0.25, -0.2) is 19.0 Å². The largest absolute Gasteiger partial charge is 0.464 e. The highest BCUT2D eigenvalue weighted by Gasteiger charge is 2.13. The maximum Gasteiger partial charge on any atom is 0.425 e. The monoisotopic (exact) mass is 354 g/mol. The van der Waals surface area contributed by atoms with Gasteiger partial charge in [0.1, 0.15) is 17.3 Å². The van der Waals surface area contributed by atoms with Crippen LogP contribution in [0.3, 0.4) is 0 Å². The maximum atomic E-state index is 14.0. The summed E-state index contributed by atoms with van der Waals surface area (Å²) < 4.78 is 27.5. The summed E-state index contributed by atoms with van der Waals surface area (Å²) in [6.45, 7) is 0. The van der Waals surface area contributed by atoms with Gasteiger partial charge in [-0.15, -0.1) is 0 Å². The van der Waals surface area contributed by atoms with E-state index in [0.29, 0.717) is 10.0 Å². The maximum absolute atomic E-state index is 14.0. The summed E-state index contributed by atoms with van der Waals surface area (Å²) in [6.07, 6.45) is -1.38. The van der Waals surface area contributed by atoms with Gasteiger partial charge in [-0.2, -0.15) is 5.10 Å². The minimum absolute atomic E-state index is 0.0578. The van der Waals surface area contributed by atoms with Crippen molar-refractivity contribution in [1.82, 2.24) is 5.43 Å². The molecule has 0 spiro atoms. The van der Waals surface area contributed by atoms with Gasteiger partial charge in [-0.05, 0) is 42.5 Å². The van der Waals surface area contributed by atoms with E-state index < -0.39 is 17.7 Å². The summed E-state index contributed by atoms with van der Waals surface area (Å²) in [5.74, 6) is -1.04. The van der Waals surface area contributed by atoms with E-state index in [1.807, 2.05) is 5.43 Å². The Morgan fingerprint density at radius 1 is 1.14 bits per heavy atom. The van der Waals surface area contributed by atoms with Crippen molar-refractivity contribution in [2.45, 2.75) is 0 Å². The highest BCUT2D eigenvalue weighted by Crippen LogP contribution is 2.19. The average Bonchev–Trinajstić information content (AvgIpc) is 2.42. The highest BCUT2D eigenvalue weighted by molar-refractivity contribution is 9.10. The quantitative estimate of drug-likeness (QED) is 0.651. The first-order chi connectivity index (χ1) is 9.97. The van der Waals surface area contributed by atoms with Gasteiger partial charge in [0, 0.05) is 15.6 Å². The number of hydrogen-bond acceptors (Lipinski definition) is 2. The molecule has 7 heteroatoms. The van der Waals surface area contributed by atoms with Crippen molar-refractivity contribution < 1.29 is 18.7 Å². The molecule has 0 heterocycles. The molecule has 21 heavy (non-hydrogen) atoms. The van der Waals surface area contributed by atoms with Gasteiger partial charge in [0.2, 0.25) is 0 Å². The molecule has 0 fully saturated rings. The Balaban J connectivity index is 2.52. The molecular formula is C14H9BrF2N2O2. The fourth-order valence-electron chi connectivity index (χ4n) is 1.67. The topological polar surface area (TPSA) is 61.7 Å². The lowest BCUT2D eigenvalue weighted by Gasteiger charge is -2.08. The van der Waals surface area contributed by atoms with E-state index in [9.17, 15) is 13.6 Å². The normalized spacial score (nSPS) is 11.3. The highest BCUT2D eigenvalue weighted by atomic mass is 79.9. The van der Waals surface area contributed by atoms with E-state index in [-0.39, 0.29) is 11.3 Å². The fourth-order valence-corrected chi connectivity index (χ4v) is 2.01. The van der Waals surface area contributed by atoms with Gasteiger partial charge in [0.15, 0.2) is 0 Å². The number of nitrogens with zero attached hydrogens (tertiary/aromatic N) is 1. The van der Waals surface area contributed by atoms with Crippen LogP contribution in [-0.2, 0) is 0 Å². The molecule has 0 atom stereocenters. The van der Waals surface area contributed by atoms with E-state index in [0.717, 1.165) is 0 Å². The molecule has 0 radical (unpaired) electrons. The number of nitrogens with one attached hydrogen (secondary N) is 1. The number of hydrazone groups is 1. The molecule has 0 unspecified atom stereocenters. The average molecular weight is 355 g/mol. The van der Waals surface area contributed by atoms with Crippen molar-refractivity contribution >= 4 is 27.7 Å². The zero-order chi connectivity index (χ0) is 15.4. The number of halogens is 3. The number of carboxylic acid groups (broad SMARTS) is 1. The predicted octanol–water partition coefficient (Wildman–Crippen LogP) is 3.75. The van der Waals surface area contributed by atoms with Crippen LogP contribution in [0.4, 0.5) is 13.6 Å². The van der Waals surface area contributed by atoms with Crippen LogP contribution in [-0.4, -0.2) is 16.9 Å². The smallest absolute Gasteiger partial charge is 0.425 e. The lowest BCUT2D eigenvalue weighted by molar-refractivity contribution is 0.195. The van der Waals surface area contributed by atoms with E-state index in [2.05, 4.69) is 21.0 Å². The molecule has 108 valence electrons. The summed E-state index contributed by atoms with van der Waals surface area (Å²) in [4.78, 5) is 10.6. The molecule has 2 aromatic rings. The van der Waals surface area contributed by atoms with E-state index in [1.54, 1.807) is 6.07 Å². The van der Waals surface area contributed by atoms with Gasteiger partial charge < -0.3 is 5.11 Å². The van der Waals surface area contributed by atoms with Crippen molar-refractivity contribution in [1.29, 1.82) is 0 Å². The molecule has 0 aliphatic heterocycles. The van der Waals surface area contributed by atoms with E-state index >= 15 is 0 Å². The van der Waals surface area contributed by atoms with E-state index in [1.165, 1.54) is 36.4 Å². The lowest BCUT2D eigenvalue weighted by Crippen LogP contribution is -2.18. The summed E-state index contributed by atoms with van der Waals surface area (Å²) in [5, 5.41) is 12.3. The molecule has 0 saturated heterocycles. The zero-order valence-electron chi connectivity index (χ0n) is 10.5. The Morgan fingerprint density at radius 2 is 1.81 bits per heavy atom. The van der Waals surface area contributed by atoms with Crippen molar-refractivity contribution in [2.24, 2.45) is 5.10 Å². The van der Waals surface area contributed by atoms with Crippen LogP contribution >= 0.6 is 15.9 Å². The summed E-state index contributed by atoms with van der Waals surface area (Å²) >= 11 is 3.13. The number of rotatable bonds is 3. The molecule has 1 amide bonds. The number of hydrogen-bond donors (Lipinski definition) is 2. The minimum Gasteiger partial charge on any atom is -0.464 e. The van der Waals surface area contributed by atoms with Crippen LogP contribution in [0.2, 0.25) is 0 Å². The van der Waals surface area contributed by atoms with Crippen LogP contribution < -0.4 is 5.43 Å². The first kappa shape index (κ1) is 15.1. The number of amides is 1. The van der Waals surface area contributed by atoms with Gasteiger partial charge >= 0.3 is 6.09 Å². The summed E-state index contributed by atoms with van der Waals surface area (Å²) in [7, 11) is 0. The second-order valence-corrected chi connectivity index (χ2v) is 4.92. The van der Waals surface area contributed by atoms with Gasteiger partial charge in [-0.1, -0.05) is 15.9 Å². The Labute approximate surface area is 127 Å². The van der Waals surface area contributed by atoms with Crippen LogP contribution in [0, 0.1) is 11.6 Å². The molecule has 4 nitrogen and oxygen atoms in total. The molecule has 0 bridgehead atoms. The molecule has 0 aliphatic rings. The third-order valence-corrected chi connectivity index (χ3v) is 3.06. The minimum atomic E-state index is -1.38. The molecule has 2 N–H and O–H groups in total. The van der Waals surface area contributed by atoms with E-state index in [4.69, 9.17) is 5.11 Å². The van der Waals surface area contributed by atoms with Crippen LogP contribution in [0.1, 0.15) is 11.1 Å². The molecule has 2 rings (SSSR count). The predicted molar refractivity (Wildman–Crippen MR) is 77.3 cm³/mol.